The number of pyridine rings is 1. The number of halogens is 2. The Morgan fingerprint density at radius 3 is 2.35 bits per heavy atom. The third-order valence-corrected chi connectivity index (χ3v) is 7.72. The van der Waals surface area contributed by atoms with Gasteiger partial charge in [0.2, 0.25) is 11.8 Å². The molecule has 4 aromatic rings. The summed E-state index contributed by atoms with van der Waals surface area (Å²) in [5, 5.41) is 10.5. The predicted octanol–water partition coefficient (Wildman–Crippen LogP) is 7.17. The number of carbonyl (C=O) groups is 1. The summed E-state index contributed by atoms with van der Waals surface area (Å²) in [5.41, 5.74) is 4.10. The molecule has 7 nitrogen and oxygen atoms in total. The van der Waals surface area contributed by atoms with Crippen molar-refractivity contribution in [1.82, 2.24) is 14.8 Å². The third-order valence-electron chi connectivity index (χ3n) is 7.18. The Morgan fingerprint density at radius 2 is 1.67 bits per heavy atom. The van der Waals surface area contributed by atoms with E-state index < -0.39 is 0 Å². The number of aromatic nitrogens is 1. The first-order chi connectivity index (χ1) is 20.8. The number of amides is 1. The quantitative estimate of drug-likeness (QED) is 0.190. The number of hydrogen-bond donors (Lipinski definition) is 1. The van der Waals surface area contributed by atoms with Crippen LogP contribution in [0.2, 0.25) is 10.0 Å². The number of ether oxygens (including phenoxy) is 2. The number of aromatic hydroxyl groups is 1. The van der Waals surface area contributed by atoms with E-state index in [1.54, 1.807) is 24.3 Å². The summed E-state index contributed by atoms with van der Waals surface area (Å²) in [6, 6.07) is 22.8. The molecule has 1 saturated heterocycles. The second-order valence-corrected chi connectivity index (χ2v) is 11.3. The number of benzene rings is 3. The lowest BCUT2D eigenvalue weighted by Crippen LogP contribution is -2.47. The Labute approximate surface area is 261 Å². The highest BCUT2D eigenvalue weighted by molar-refractivity contribution is 6.32. The maximum Gasteiger partial charge on any atom is 0.246 e. The average Bonchev–Trinajstić information content (AvgIpc) is 3.01. The van der Waals surface area contributed by atoms with Gasteiger partial charge in [-0.1, -0.05) is 47.5 Å². The van der Waals surface area contributed by atoms with Crippen LogP contribution in [0.1, 0.15) is 22.3 Å². The number of hydrogen-bond acceptors (Lipinski definition) is 6. The Kier molecular flexibility index (Phi) is 10.2. The van der Waals surface area contributed by atoms with Gasteiger partial charge in [0.1, 0.15) is 11.5 Å². The molecule has 0 atom stereocenters. The van der Waals surface area contributed by atoms with Gasteiger partial charge in [-0.25, -0.2) is 4.98 Å². The van der Waals surface area contributed by atoms with Crippen LogP contribution in [-0.2, 0) is 17.8 Å². The largest absolute Gasteiger partial charge is 0.506 e. The van der Waals surface area contributed by atoms with Gasteiger partial charge in [-0.2, -0.15) is 0 Å². The zero-order chi connectivity index (χ0) is 30.2. The van der Waals surface area contributed by atoms with E-state index in [2.05, 4.69) is 34.1 Å². The predicted molar refractivity (Wildman–Crippen MR) is 170 cm³/mol. The molecule has 1 fully saturated rings. The smallest absolute Gasteiger partial charge is 0.246 e. The van der Waals surface area contributed by atoms with Gasteiger partial charge in [0.05, 0.1) is 17.8 Å². The molecule has 222 valence electrons. The van der Waals surface area contributed by atoms with Crippen LogP contribution in [0.3, 0.4) is 0 Å². The van der Waals surface area contributed by atoms with Crippen molar-refractivity contribution in [2.75, 3.05) is 32.8 Å². The molecule has 1 N–H and O–H groups in total. The Balaban J connectivity index is 1.06. The molecular weight excluding hydrogens is 585 g/mol. The minimum Gasteiger partial charge on any atom is -0.506 e. The zero-order valence-electron chi connectivity index (χ0n) is 23.9. The minimum absolute atomic E-state index is 0.0211. The van der Waals surface area contributed by atoms with Crippen molar-refractivity contribution in [3.63, 3.8) is 0 Å². The summed E-state index contributed by atoms with van der Waals surface area (Å²) >= 11 is 12.4. The highest BCUT2D eigenvalue weighted by Gasteiger charge is 2.20. The summed E-state index contributed by atoms with van der Waals surface area (Å²) in [4.78, 5) is 21.2. The fraction of sp³-hybridized carbons (Fsp3) is 0.235. The van der Waals surface area contributed by atoms with Gasteiger partial charge in [-0.05, 0) is 77.7 Å². The molecule has 9 heteroatoms. The van der Waals surface area contributed by atoms with Gasteiger partial charge >= 0.3 is 0 Å². The summed E-state index contributed by atoms with van der Waals surface area (Å²) in [6.45, 7) is 6.33. The van der Waals surface area contributed by atoms with Crippen LogP contribution in [0.25, 0.3) is 6.08 Å². The van der Waals surface area contributed by atoms with E-state index in [1.807, 2.05) is 42.2 Å². The van der Waals surface area contributed by atoms with E-state index in [0.717, 1.165) is 42.9 Å². The molecule has 0 radical (unpaired) electrons. The number of nitrogens with zero attached hydrogens (tertiary/aromatic N) is 3. The average molecular weight is 619 g/mol. The van der Waals surface area contributed by atoms with Crippen molar-refractivity contribution < 1.29 is 19.4 Å². The first kappa shape index (κ1) is 30.4. The SMILES string of the molecule is Cc1cc(/C=C/C(=O)N2CCN(Cc3ccc(CCOc4ccc(Cl)cc4)cc3)CC2)cc(Cl)c1Oc1ccc(O)cn1. The van der Waals surface area contributed by atoms with Crippen molar-refractivity contribution in [2.24, 2.45) is 0 Å². The van der Waals surface area contributed by atoms with Crippen LogP contribution < -0.4 is 9.47 Å². The monoisotopic (exact) mass is 617 g/mol. The number of aryl methyl sites for hydroxylation is 1. The second-order valence-electron chi connectivity index (χ2n) is 10.4. The van der Waals surface area contributed by atoms with Crippen LogP contribution in [0.5, 0.6) is 23.1 Å². The maximum atomic E-state index is 12.9. The molecule has 5 rings (SSSR count). The molecule has 0 unspecified atom stereocenters. The fourth-order valence-electron chi connectivity index (χ4n) is 4.81. The highest BCUT2D eigenvalue weighted by atomic mass is 35.5. The van der Waals surface area contributed by atoms with Crippen LogP contribution in [0.15, 0.2) is 85.1 Å². The van der Waals surface area contributed by atoms with E-state index in [-0.39, 0.29) is 11.7 Å². The van der Waals surface area contributed by atoms with E-state index >= 15 is 0 Å². The van der Waals surface area contributed by atoms with Gasteiger partial charge < -0.3 is 19.5 Å². The first-order valence-electron chi connectivity index (χ1n) is 14.1. The van der Waals surface area contributed by atoms with Gasteiger partial charge in [0.15, 0.2) is 5.75 Å². The molecule has 1 amide bonds. The van der Waals surface area contributed by atoms with E-state index in [0.29, 0.717) is 41.4 Å². The van der Waals surface area contributed by atoms with E-state index in [1.165, 1.54) is 23.4 Å². The van der Waals surface area contributed by atoms with Crippen LogP contribution in [0.4, 0.5) is 0 Å². The normalized spacial score (nSPS) is 13.8. The van der Waals surface area contributed by atoms with Gasteiger partial charge in [-0.15, -0.1) is 0 Å². The van der Waals surface area contributed by atoms with Crippen LogP contribution >= 0.6 is 23.2 Å². The highest BCUT2D eigenvalue weighted by Crippen LogP contribution is 2.34. The molecule has 3 aromatic carbocycles. The summed E-state index contributed by atoms with van der Waals surface area (Å²) in [7, 11) is 0. The molecule has 1 aliphatic rings. The first-order valence-corrected chi connectivity index (χ1v) is 14.9. The Bertz CT molecular complexity index is 1530. The zero-order valence-corrected chi connectivity index (χ0v) is 25.4. The third kappa shape index (κ3) is 8.74. The van der Waals surface area contributed by atoms with Gasteiger partial charge in [0.25, 0.3) is 0 Å². The summed E-state index contributed by atoms with van der Waals surface area (Å²) in [6.07, 6.45) is 5.51. The lowest BCUT2D eigenvalue weighted by molar-refractivity contribution is -0.127. The Morgan fingerprint density at radius 1 is 0.953 bits per heavy atom. The maximum absolute atomic E-state index is 12.9. The molecule has 2 heterocycles. The topological polar surface area (TPSA) is 75.1 Å². The second kappa shape index (κ2) is 14.4. The standard InChI is InChI=1S/C34H33Cl2N3O4/c1-24-20-27(21-31(36)34(24)43-32-12-9-29(40)22-37-32)6-13-33(41)39-17-15-38(16-18-39)23-26-4-2-25(3-5-26)14-19-42-30-10-7-28(35)8-11-30/h2-13,20-22,40H,14-19,23H2,1H3/b13-6+. The van der Waals surface area contributed by atoms with Crippen molar-refractivity contribution in [1.29, 1.82) is 0 Å². The molecule has 0 aliphatic carbocycles. The van der Waals surface area contributed by atoms with Gasteiger partial charge in [-0.3, -0.25) is 9.69 Å². The van der Waals surface area contributed by atoms with Crippen molar-refractivity contribution in [2.45, 2.75) is 19.9 Å². The Hall–Kier alpha value is -4.04. The van der Waals surface area contributed by atoms with Crippen molar-refractivity contribution in [3.05, 3.63) is 117 Å². The number of piperazine rings is 1. The number of carbonyl (C=O) groups excluding carboxylic acids is 1. The lowest BCUT2D eigenvalue weighted by atomic mass is 10.1. The molecule has 1 aliphatic heterocycles. The van der Waals surface area contributed by atoms with E-state index in [9.17, 15) is 9.90 Å². The molecule has 0 bridgehead atoms. The van der Waals surface area contributed by atoms with Crippen molar-refractivity contribution in [3.8, 4) is 23.1 Å². The lowest BCUT2D eigenvalue weighted by Gasteiger charge is -2.34. The van der Waals surface area contributed by atoms with E-state index in [4.69, 9.17) is 32.7 Å². The van der Waals surface area contributed by atoms with Crippen molar-refractivity contribution >= 4 is 35.2 Å². The molecule has 0 spiro atoms. The fourth-order valence-corrected chi connectivity index (χ4v) is 5.25. The summed E-state index contributed by atoms with van der Waals surface area (Å²) in [5.74, 6) is 1.66. The minimum atomic E-state index is -0.0211. The molecule has 0 saturated carbocycles. The van der Waals surface area contributed by atoms with Gasteiger partial charge in [0, 0.05) is 56.3 Å². The molecule has 43 heavy (non-hydrogen) atoms. The summed E-state index contributed by atoms with van der Waals surface area (Å²) < 4.78 is 11.6. The van der Waals surface area contributed by atoms with Crippen LogP contribution in [0, 0.1) is 6.92 Å². The van der Waals surface area contributed by atoms with Crippen LogP contribution in [-0.4, -0.2) is 58.6 Å². The molecular formula is C34H33Cl2N3O4. The molecule has 1 aromatic heterocycles. The number of rotatable bonds is 10.